The summed E-state index contributed by atoms with van der Waals surface area (Å²) in [5, 5.41) is 0. The Bertz CT molecular complexity index is 603. The predicted octanol–water partition coefficient (Wildman–Crippen LogP) is 4.55. The van der Waals surface area contributed by atoms with Crippen LogP contribution in [-0.4, -0.2) is 11.9 Å². The second-order valence-electron chi connectivity index (χ2n) is 4.60. The second-order valence-corrected chi connectivity index (χ2v) is 5.51. The number of ketones is 1. The quantitative estimate of drug-likeness (QED) is 0.766. The lowest BCUT2D eigenvalue weighted by Gasteiger charge is -2.14. The predicted molar refractivity (Wildman–Crippen MR) is 79.7 cm³/mol. The number of halogens is 2. The van der Waals surface area contributed by atoms with Crippen molar-refractivity contribution < 1.29 is 13.9 Å². The monoisotopic (exact) mass is 336 g/mol. The summed E-state index contributed by atoms with van der Waals surface area (Å²) < 4.78 is 19.3. The molecule has 0 N–H and O–H groups in total. The molecule has 0 saturated carbocycles. The molecule has 104 valence electrons. The number of ether oxygens (including phenoxy) is 1. The van der Waals surface area contributed by atoms with Crippen LogP contribution < -0.4 is 4.74 Å². The molecule has 0 amide bonds. The fraction of sp³-hybridized carbons (Fsp3) is 0.188. The van der Waals surface area contributed by atoms with E-state index in [9.17, 15) is 9.18 Å². The summed E-state index contributed by atoms with van der Waals surface area (Å²) in [6.07, 6.45) is -0.675. The van der Waals surface area contributed by atoms with Gasteiger partial charge in [-0.15, -0.1) is 0 Å². The van der Waals surface area contributed by atoms with E-state index in [1.165, 1.54) is 12.1 Å². The van der Waals surface area contributed by atoms with Gasteiger partial charge in [0.05, 0.1) is 0 Å². The third-order valence-electron chi connectivity index (χ3n) is 2.85. The first-order valence-corrected chi connectivity index (χ1v) is 6.98. The summed E-state index contributed by atoms with van der Waals surface area (Å²) in [5.74, 6) is -0.223. The van der Waals surface area contributed by atoms with Crippen molar-refractivity contribution in [3.63, 3.8) is 0 Å². The van der Waals surface area contributed by atoms with Gasteiger partial charge in [-0.25, -0.2) is 4.39 Å². The molecule has 4 heteroatoms. The summed E-state index contributed by atoms with van der Waals surface area (Å²) >= 11 is 3.19. The number of hydrogen-bond acceptors (Lipinski definition) is 2. The summed E-state index contributed by atoms with van der Waals surface area (Å²) in [6.45, 7) is 3.61. The Morgan fingerprint density at radius 3 is 2.45 bits per heavy atom. The molecule has 0 aliphatic rings. The van der Waals surface area contributed by atoms with Gasteiger partial charge in [0.1, 0.15) is 11.6 Å². The number of aryl methyl sites for hydroxylation is 1. The van der Waals surface area contributed by atoms with Gasteiger partial charge in [0.2, 0.25) is 5.78 Å². The van der Waals surface area contributed by atoms with E-state index >= 15 is 0 Å². The molecule has 20 heavy (non-hydrogen) atoms. The maximum absolute atomic E-state index is 13.3. The molecule has 2 rings (SSSR count). The van der Waals surface area contributed by atoms with Crippen molar-refractivity contribution in [3.8, 4) is 5.75 Å². The normalized spacial score (nSPS) is 12.0. The van der Waals surface area contributed by atoms with Crippen molar-refractivity contribution in [2.75, 3.05) is 0 Å². The van der Waals surface area contributed by atoms with Gasteiger partial charge in [-0.2, -0.15) is 0 Å². The van der Waals surface area contributed by atoms with Gasteiger partial charge in [-0.1, -0.05) is 45.8 Å². The van der Waals surface area contributed by atoms with Crippen molar-refractivity contribution in [3.05, 3.63) is 63.9 Å². The minimum atomic E-state index is -0.675. The molecule has 0 aromatic heterocycles. The van der Waals surface area contributed by atoms with Crippen molar-refractivity contribution in [1.29, 1.82) is 0 Å². The van der Waals surface area contributed by atoms with E-state index in [0.29, 0.717) is 15.8 Å². The van der Waals surface area contributed by atoms with Crippen LogP contribution in [-0.2, 0) is 0 Å². The first-order valence-electron chi connectivity index (χ1n) is 6.19. The van der Waals surface area contributed by atoms with Gasteiger partial charge >= 0.3 is 0 Å². The van der Waals surface area contributed by atoms with Crippen molar-refractivity contribution >= 4 is 21.7 Å². The number of carbonyl (C=O) groups is 1. The molecular weight excluding hydrogens is 323 g/mol. The van der Waals surface area contributed by atoms with Crippen LogP contribution in [0.2, 0.25) is 0 Å². The Morgan fingerprint density at radius 1 is 1.20 bits per heavy atom. The highest BCUT2D eigenvalue weighted by Crippen LogP contribution is 2.22. The topological polar surface area (TPSA) is 26.3 Å². The fourth-order valence-electron chi connectivity index (χ4n) is 1.81. The largest absolute Gasteiger partial charge is 0.482 e. The van der Waals surface area contributed by atoms with E-state index in [2.05, 4.69) is 15.9 Å². The first kappa shape index (κ1) is 14.7. The number of hydrogen-bond donors (Lipinski definition) is 0. The van der Waals surface area contributed by atoms with Gasteiger partial charge in [0.15, 0.2) is 6.10 Å². The molecule has 2 aromatic carbocycles. The highest BCUT2D eigenvalue weighted by atomic mass is 79.9. The number of carbonyl (C=O) groups excluding carboxylic acids is 1. The molecule has 0 radical (unpaired) electrons. The molecule has 0 heterocycles. The van der Waals surface area contributed by atoms with Crippen molar-refractivity contribution in [2.24, 2.45) is 0 Å². The van der Waals surface area contributed by atoms with Gasteiger partial charge in [0, 0.05) is 16.1 Å². The minimum Gasteiger partial charge on any atom is -0.482 e. The molecule has 0 saturated heterocycles. The summed E-state index contributed by atoms with van der Waals surface area (Å²) in [6, 6.07) is 11.5. The van der Waals surface area contributed by atoms with Gasteiger partial charge in [0.25, 0.3) is 0 Å². The SMILES string of the molecule is Cc1ccc(C(=O)C(C)Oc2cc(F)cc(Br)c2)cc1. The Kier molecular flexibility index (Phi) is 4.55. The van der Waals surface area contributed by atoms with E-state index < -0.39 is 11.9 Å². The molecule has 0 aliphatic carbocycles. The summed E-state index contributed by atoms with van der Waals surface area (Å²) in [4.78, 5) is 12.2. The molecule has 2 nitrogen and oxygen atoms in total. The first-order chi connectivity index (χ1) is 9.45. The highest BCUT2D eigenvalue weighted by Gasteiger charge is 2.17. The van der Waals surface area contributed by atoms with E-state index in [0.717, 1.165) is 5.56 Å². The summed E-state index contributed by atoms with van der Waals surface area (Å²) in [7, 11) is 0. The van der Waals surface area contributed by atoms with Gasteiger partial charge < -0.3 is 4.74 Å². The van der Waals surface area contributed by atoms with Crippen LogP contribution in [0.5, 0.6) is 5.75 Å². The fourth-order valence-corrected chi connectivity index (χ4v) is 2.25. The van der Waals surface area contributed by atoms with Crippen molar-refractivity contribution in [2.45, 2.75) is 20.0 Å². The second kappa shape index (κ2) is 6.18. The lowest BCUT2D eigenvalue weighted by Crippen LogP contribution is -2.23. The van der Waals surface area contributed by atoms with E-state index in [1.54, 1.807) is 25.1 Å². The molecule has 0 aliphatic heterocycles. The average Bonchev–Trinajstić information content (AvgIpc) is 2.37. The van der Waals surface area contributed by atoms with E-state index in [-0.39, 0.29) is 5.78 Å². The maximum atomic E-state index is 13.3. The molecule has 2 aromatic rings. The molecule has 1 atom stereocenters. The molecule has 0 fully saturated rings. The van der Waals surface area contributed by atoms with Gasteiger partial charge in [-0.3, -0.25) is 4.79 Å². The average molecular weight is 337 g/mol. The molecular formula is C16H14BrFO2. The molecule has 0 bridgehead atoms. The molecule has 0 spiro atoms. The molecule has 1 unspecified atom stereocenters. The minimum absolute atomic E-state index is 0.134. The Morgan fingerprint density at radius 2 is 1.85 bits per heavy atom. The lowest BCUT2D eigenvalue weighted by atomic mass is 10.1. The number of rotatable bonds is 4. The van der Waals surface area contributed by atoms with Crippen LogP contribution in [0.1, 0.15) is 22.8 Å². The third-order valence-corrected chi connectivity index (χ3v) is 3.31. The third kappa shape index (κ3) is 3.67. The van der Waals surface area contributed by atoms with Crippen LogP contribution in [0, 0.1) is 12.7 Å². The standard InChI is InChI=1S/C16H14BrFO2/c1-10-3-5-12(6-4-10)16(19)11(2)20-15-8-13(17)7-14(18)9-15/h3-9,11H,1-2H3. The van der Waals surface area contributed by atoms with Crippen LogP contribution in [0.4, 0.5) is 4.39 Å². The summed E-state index contributed by atoms with van der Waals surface area (Å²) in [5.41, 5.74) is 1.67. The smallest absolute Gasteiger partial charge is 0.202 e. The Labute approximate surface area is 125 Å². The zero-order valence-corrected chi connectivity index (χ0v) is 12.8. The Balaban J connectivity index is 2.13. The zero-order valence-electron chi connectivity index (χ0n) is 11.2. The lowest BCUT2D eigenvalue weighted by molar-refractivity contribution is 0.0817. The number of Topliss-reactive ketones (excluding diaryl/α,β-unsaturated/α-hetero) is 1. The van der Waals surface area contributed by atoms with Crippen molar-refractivity contribution in [1.82, 2.24) is 0 Å². The van der Waals surface area contributed by atoms with E-state index in [4.69, 9.17) is 4.74 Å². The Hall–Kier alpha value is -1.68. The van der Waals surface area contributed by atoms with Crippen LogP contribution in [0.15, 0.2) is 46.9 Å². The zero-order chi connectivity index (χ0) is 14.7. The number of benzene rings is 2. The van der Waals surface area contributed by atoms with E-state index in [1.807, 2.05) is 19.1 Å². The van der Waals surface area contributed by atoms with Crippen LogP contribution >= 0.6 is 15.9 Å². The van der Waals surface area contributed by atoms with Crippen LogP contribution in [0.25, 0.3) is 0 Å². The highest BCUT2D eigenvalue weighted by molar-refractivity contribution is 9.10. The maximum Gasteiger partial charge on any atom is 0.202 e. The van der Waals surface area contributed by atoms with Gasteiger partial charge in [-0.05, 0) is 26.0 Å². The van der Waals surface area contributed by atoms with Crippen LogP contribution in [0.3, 0.4) is 0 Å².